The summed E-state index contributed by atoms with van der Waals surface area (Å²) in [6.45, 7) is 0. The molecule has 0 saturated heterocycles. The number of anilines is 2. The van der Waals surface area contributed by atoms with Crippen LogP contribution in [0.5, 0.6) is 0 Å². The van der Waals surface area contributed by atoms with Gasteiger partial charge in [0.05, 0.1) is 11.4 Å². The number of thioether (sulfide) groups is 1. The molecule has 0 unspecified atom stereocenters. The average molecular weight is 396 g/mol. The van der Waals surface area contributed by atoms with Gasteiger partial charge in [0.2, 0.25) is 5.16 Å². The molecule has 0 atom stereocenters. The van der Waals surface area contributed by atoms with Crippen LogP contribution in [0.3, 0.4) is 0 Å². The summed E-state index contributed by atoms with van der Waals surface area (Å²) in [6, 6.07) is 11.8. The number of nitrogens with two attached hydrogens (primary N) is 1. The molecule has 0 bridgehead atoms. The van der Waals surface area contributed by atoms with Crippen molar-refractivity contribution >= 4 is 41.2 Å². The Morgan fingerprint density at radius 3 is 2.82 bits per heavy atom. The molecule has 1 heterocycles. The van der Waals surface area contributed by atoms with Gasteiger partial charge in [0, 0.05) is 28.6 Å². The van der Waals surface area contributed by atoms with E-state index in [1.54, 1.807) is 42.5 Å². The van der Waals surface area contributed by atoms with Crippen molar-refractivity contribution < 1.29 is 14.7 Å². The average Bonchev–Trinajstić information content (AvgIpc) is 3.16. The minimum absolute atomic E-state index is 0.144. The zero-order chi connectivity index (χ0) is 20.1. The number of benzene rings is 2. The number of rotatable bonds is 7. The molecule has 3 rings (SSSR count). The SMILES string of the molecule is N=Cc1c(N)cccc1NC(=O)c1cccc(-c2nc(SCC(=O)O)n[nH]2)c1. The van der Waals surface area contributed by atoms with Crippen LogP contribution < -0.4 is 11.1 Å². The van der Waals surface area contributed by atoms with Crippen molar-refractivity contribution in [2.24, 2.45) is 0 Å². The second-order valence-corrected chi connectivity index (χ2v) is 6.58. The molecule has 6 N–H and O–H groups in total. The maximum atomic E-state index is 12.6. The van der Waals surface area contributed by atoms with Crippen LogP contribution in [0.2, 0.25) is 0 Å². The molecule has 1 aromatic heterocycles. The molecule has 0 aliphatic rings. The summed E-state index contributed by atoms with van der Waals surface area (Å²) in [7, 11) is 0. The van der Waals surface area contributed by atoms with Gasteiger partial charge >= 0.3 is 5.97 Å². The van der Waals surface area contributed by atoms with E-state index in [2.05, 4.69) is 20.5 Å². The number of amides is 1. The molecule has 142 valence electrons. The van der Waals surface area contributed by atoms with Gasteiger partial charge in [-0.3, -0.25) is 14.7 Å². The second kappa shape index (κ2) is 8.35. The smallest absolute Gasteiger partial charge is 0.313 e. The summed E-state index contributed by atoms with van der Waals surface area (Å²) in [6.07, 6.45) is 1.09. The maximum absolute atomic E-state index is 12.6. The summed E-state index contributed by atoms with van der Waals surface area (Å²) in [5.41, 5.74) is 8.11. The van der Waals surface area contributed by atoms with Crippen LogP contribution in [0, 0.1) is 5.41 Å². The van der Waals surface area contributed by atoms with Crippen LogP contribution in [-0.4, -0.2) is 44.1 Å². The summed E-state index contributed by atoms with van der Waals surface area (Å²) in [4.78, 5) is 27.5. The predicted octanol–water partition coefficient (Wildman–Crippen LogP) is 2.48. The van der Waals surface area contributed by atoms with Crippen LogP contribution >= 0.6 is 11.8 Å². The number of H-pyrrole nitrogens is 1. The highest BCUT2D eigenvalue weighted by Gasteiger charge is 2.13. The molecule has 0 aliphatic heterocycles. The Hall–Kier alpha value is -3.66. The van der Waals surface area contributed by atoms with E-state index < -0.39 is 5.97 Å². The first-order valence-corrected chi connectivity index (χ1v) is 9.04. The molecule has 10 heteroatoms. The fourth-order valence-electron chi connectivity index (χ4n) is 2.42. The normalized spacial score (nSPS) is 10.4. The largest absolute Gasteiger partial charge is 0.481 e. The lowest BCUT2D eigenvalue weighted by Crippen LogP contribution is -2.14. The van der Waals surface area contributed by atoms with Crippen molar-refractivity contribution in [3.8, 4) is 11.4 Å². The van der Waals surface area contributed by atoms with Crippen molar-refractivity contribution in [3.05, 3.63) is 53.6 Å². The minimum atomic E-state index is -0.958. The molecular formula is C18H16N6O3S. The third-order valence-electron chi connectivity index (χ3n) is 3.72. The number of aromatic nitrogens is 3. The summed E-state index contributed by atoms with van der Waals surface area (Å²) >= 11 is 0.996. The van der Waals surface area contributed by atoms with Crippen LogP contribution in [0.15, 0.2) is 47.6 Å². The Bertz CT molecular complexity index is 1050. The number of aromatic amines is 1. The molecular weight excluding hydrogens is 380 g/mol. The van der Waals surface area contributed by atoms with Crippen molar-refractivity contribution in [3.63, 3.8) is 0 Å². The first-order valence-electron chi connectivity index (χ1n) is 8.05. The van der Waals surface area contributed by atoms with E-state index in [1.807, 2.05) is 0 Å². The maximum Gasteiger partial charge on any atom is 0.313 e. The van der Waals surface area contributed by atoms with Crippen molar-refractivity contribution in [1.82, 2.24) is 15.2 Å². The first kappa shape index (κ1) is 19.1. The quantitative estimate of drug-likeness (QED) is 0.233. The Kier molecular flexibility index (Phi) is 5.70. The highest BCUT2D eigenvalue weighted by Crippen LogP contribution is 2.23. The fourth-order valence-corrected chi connectivity index (χ4v) is 2.94. The molecule has 3 aromatic rings. The van der Waals surface area contributed by atoms with E-state index in [-0.39, 0.29) is 11.7 Å². The minimum Gasteiger partial charge on any atom is -0.481 e. The first-order chi connectivity index (χ1) is 13.5. The summed E-state index contributed by atoms with van der Waals surface area (Å²) < 4.78 is 0. The van der Waals surface area contributed by atoms with Gasteiger partial charge < -0.3 is 21.6 Å². The lowest BCUT2D eigenvalue weighted by Gasteiger charge is -2.10. The lowest BCUT2D eigenvalue weighted by molar-refractivity contribution is -0.133. The van der Waals surface area contributed by atoms with Gasteiger partial charge in [0.1, 0.15) is 0 Å². The topological polar surface area (TPSA) is 158 Å². The van der Waals surface area contributed by atoms with E-state index in [1.165, 1.54) is 0 Å². The van der Waals surface area contributed by atoms with Gasteiger partial charge in [-0.2, -0.15) is 0 Å². The van der Waals surface area contributed by atoms with E-state index in [4.69, 9.17) is 16.2 Å². The highest BCUT2D eigenvalue weighted by molar-refractivity contribution is 7.99. The molecule has 9 nitrogen and oxygen atoms in total. The van der Waals surface area contributed by atoms with Gasteiger partial charge in [-0.05, 0) is 24.3 Å². The standard InChI is InChI=1S/C18H16N6O3S/c19-8-12-13(20)5-2-6-14(12)21-17(27)11-4-1-3-10(7-11)16-22-18(24-23-16)28-9-15(25)26/h1-8,19H,9,20H2,(H,21,27)(H,25,26)(H,22,23,24). The third-order valence-corrected chi connectivity index (χ3v) is 4.55. The van der Waals surface area contributed by atoms with E-state index >= 15 is 0 Å². The molecule has 28 heavy (non-hydrogen) atoms. The zero-order valence-electron chi connectivity index (χ0n) is 14.5. The van der Waals surface area contributed by atoms with Crippen molar-refractivity contribution in [2.45, 2.75) is 5.16 Å². The van der Waals surface area contributed by atoms with Gasteiger partial charge in [-0.1, -0.05) is 30.0 Å². The summed E-state index contributed by atoms with van der Waals surface area (Å²) in [5.74, 6) is -1.04. The third kappa shape index (κ3) is 4.35. The second-order valence-electron chi connectivity index (χ2n) is 5.64. The molecule has 1 amide bonds. The Balaban J connectivity index is 1.80. The number of carboxylic acids is 1. The number of nitrogen functional groups attached to an aromatic ring is 1. The van der Waals surface area contributed by atoms with Gasteiger partial charge in [-0.15, -0.1) is 5.10 Å². The van der Waals surface area contributed by atoms with Crippen molar-refractivity contribution in [2.75, 3.05) is 16.8 Å². The summed E-state index contributed by atoms with van der Waals surface area (Å²) in [5, 5.41) is 25.9. The Morgan fingerprint density at radius 1 is 1.29 bits per heavy atom. The van der Waals surface area contributed by atoms with Gasteiger partial charge in [-0.25, -0.2) is 4.98 Å². The van der Waals surface area contributed by atoms with Crippen LogP contribution in [0.1, 0.15) is 15.9 Å². The van der Waals surface area contributed by atoms with Crippen molar-refractivity contribution in [1.29, 1.82) is 5.41 Å². The number of hydrogen-bond acceptors (Lipinski definition) is 7. The molecule has 0 spiro atoms. The number of aliphatic carboxylic acids is 1. The predicted molar refractivity (Wildman–Crippen MR) is 107 cm³/mol. The van der Waals surface area contributed by atoms with E-state index in [0.29, 0.717) is 39.0 Å². The monoisotopic (exact) mass is 396 g/mol. The Labute approximate surface area is 163 Å². The molecule has 0 saturated carbocycles. The van der Waals surface area contributed by atoms with Crippen LogP contribution in [0.25, 0.3) is 11.4 Å². The molecule has 0 radical (unpaired) electrons. The van der Waals surface area contributed by atoms with Crippen LogP contribution in [0.4, 0.5) is 11.4 Å². The number of carboxylic acid groups (broad SMARTS) is 1. The lowest BCUT2D eigenvalue weighted by atomic mass is 10.1. The number of nitrogens with zero attached hydrogens (tertiary/aromatic N) is 2. The fraction of sp³-hybridized carbons (Fsp3) is 0.0556. The number of hydrogen-bond donors (Lipinski definition) is 5. The van der Waals surface area contributed by atoms with Gasteiger partial charge in [0.15, 0.2) is 5.82 Å². The highest BCUT2D eigenvalue weighted by atomic mass is 32.2. The van der Waals surface area contributed by atoms with Gasteiger partial charge in [0.25, 0.3) is 5.91 Å². The number of carbonyl (C=O) groups is 2. The number of nitrogens with one attached hydrogen (secondary N) is 3. The molecule has 2 aromatic carbocycles. The Morgan fingerprint density at radius 2 is 2.07 bits per heavy atom. The van der Waals surface area contributed by atoms with E-state index in [9.17, 15) is 9.59 Å². The number of carbonyl (C=O) groups excluding carboxylic acids is 1. The molecule has 0 aliphatic carbocycles. The zero-order valence-corrected chi connectivity index (χ0v) is 15.3. The molecule has 0 fully saturated rings. The van der Waals surface area contributed by atoms with E-state index in [0.717, 1.165) is 18.0 Å². The van der Waals surface area contributed by atoms with Crippen LogP contribution in [-0.2, 0) is 4.79 Å².